The molecule has 234 valence electrons. The van der Waals surface area contributed by atoms with Crippen LogP contribution in [0.5, 0.6) is 5.75 Å². The maximum atomic E-state index is 12.0. The largest absolute Gasteiger partial charge is 0.490 e. The van der Waals surface area contributed by atoms with Crippen molar-refractivity contribution >= 4 is 85.4 Å². The van der Waals surface area contributed by atoms with Gasteiger partial charge in [-0.05, 0) is 53.9 Å². The number of methoxy groups -OCH3 is 1. The standard InChI is InChI=1S/C31H32ClN3O4.CH4.3H2S/c1-38-31(37)28-15-26-29(13-12-27(32)30(26)33-28)39-19-25(36)18-34-16-24-9-5-4-8-23(34)17-35(24)22-11-10-20-6-2-3-7-21(20)14-22;;;;/h2-7,10-15,23-25,33,36H,8-9,16-19H2,1H3;1H4;3*1H2/b5-4-;;;;/t23-,24-,25-;;;;/m0..../s1. The number of aliphatic hydroxyl groups is 1. The zero-order valence-corrected chi connectivity index (χ0v) is 27.1. The lowest BCUT2D eigenvalue weighted by Gasteiger charge is -2.48. The zero-order valence-electron chi connectivity index (χ0n) is 23.3. The Hall–Kier alpha value is -2.47. The molecule has 0 radical (unpaired) electrons. The normalized spacial score (nSPS) is 19.1. The number of aromatic nitrogens is 1. The highest BCUT2D eigenvalue weighted by atomic mass is 35.5. The number of benzene rings is 3. The van der Waals surface area contributed by atoms with Crippen molar-refractivity contribution in [3.05, 3.63) is 83.5 Å². The fourth-order valence-corrected chi connectivity index (χ4v) is 6.06. The molecule has 7 rings (SSSR count). The molecule has 3 atom stereocenters. The quantitative estimate of drug-likeness (QED) is 0.176. The Labute approximate surface area is 279 Å². The molecule has 11 heteroatoms. The summed E-state index contributed by atoms with van der Waals surface area (Å²) >= 11 is 6.33. The van der Waals surface area contributed by atoms with E-state index in [1.54, 1.807) is 18.2 Å². The summed E-state index contributed by atoms with van der Waals surface area (Å²) < 4.78 is 10.9. The number of aliphatic hydroxyl groups excluding tert-OH is 1. The van der Waals surface area contributed by atoms with E-state index < -0.39 is 12.1 Å². The lowest BCUT2D eigenvalue weighted by Crippen LogP contribution is -2.60. The first-order valence-electron chi connectivity index (χ1n) is 13.3. The number of halogens is 1. The number of H-pyrrole nitrogens is 1. The smallest absolute Gasteiger partial charge is 0.354 e. The number of esters is 1. The molecule has 0 saturated carbocycles. The number of hydrogen-bond acceptors (Lipinski definition) is 6. The maximum absolute atomic E-state index is 12.0. The molecule has 2 N–H and O–H groups in total. The van der Waals surface area contributed by atoms with Crippen LogP contribution in [0.15, 0.2) is 72.8 Å². The van der Waals surface area contributed by atoms with Gasteiger partial charge in [0, 0.05) is 42.8 Å². The van der Waals surface area contributed by atoms with E-state index in [1.807, 2.05) is 0 Å². The van der Waals surface area contributed by atoms with Gasteiger partial charge >= 0.3 is 5.97 Å². The summed E-state index contributed by atoms with van der Waals surface area (Å²) in [5, 5.41) is 14.7. The number of carbonyl (C=O) groups excluding carboxylic acids is 1. The van der Waals surface area contributed by atoms with Crippen LogP contribution in [0.3, 0.4) is 0 Å². The minimum Gasteiger partial charge on any atom is -0.490 e. The number of aromatic amines is 1. The molecule has 4 heterocycles. The summed E-state index contributed by atoms with van der Waals surface area (Å²) in [5.74, 6) is 0.0756. The number of nitrogens with zero attached hydrogens (tertiary/aromatic N) is 2. The number of carbonyl (C=O) groups is 1. The van der Waals surface area contributed by atoms with E-state index in [0.717, 1.165) is 25.9 Å². The van der Waals surface area contributed by atoms with Crippen molar-refractivity contribution in [2.45, 2.75) is 38.5 Å². The zero-order chi connectivity index (χ0) is 26.9. The van der Waals surface area contributed by atoms with E-state index in [2.05, 4.69) is 69.4 Å². The molecule has 7 nitrogen and oxygen atoms in total. The summed E-state index contributed by atoms with van der Waals surface area (Å²) in [7, 11) is 1.33. The maximum Gasteiger partial charge on any atom is 0.354 e. The minimum atomic E-state index is -0.673. The molecular formula is C32H42ClN3O4S3. The SMILES string of the molecule is C.COC(=O)c1cc2c(OC[C@@H](O)CN3C[C@@H]4C/C=C\C[C@H]3CN4c3ccc4ccccc4c3)ccc(Cl)c2[nH]1.S.S.S. The second-order valence-corrected chi connectivity index (χ2v) is 10.8. The molecule has 3 aliphatic rings. The van der Waals surface area contributed by atoms with E-state index in [4.69, 9.17) is 21.1 Å². The first-order chi connectivity index (χ1) is 19.0. The van der Waals surface area contributed by atoms with Gasteiger partial charge in [0.2, 0.25) is 0 Å². The van der Waals surface area contributed by atoms with E-state index in [-0.39, 0.29) is 54.5 Å². The van der Waals surface area contributed by atoms with Crippen molar-refractivity contribution in [1.82, 2.24) is 9.88 Å². The van der Waals surface area contributed by atoms with Crippen LogP contribution in [0.25, 0.3) is 21.7 Å². The third kappa shape index (κ3) is 7.79. The Balaban J connectivity index is 0.00000161. The third-order valence-corrected chi connectivity index (χ3v) is 8.16. The van der Waals surface area contributed by atoms with Crippen LogP contribution in [0, 0.1) is 0 Å². The number of anilines is 1. The topological polar surface area (TPSA) is 78.0 Å². The van der Waals surface area contributed by atoms with Crippen molar-refractivity contribution in [2.75, 3.05) is 38.3 Å². The number of nitrogens with one attached hydrogen (secondary N) is 1. The predicted molar refractivity (Wildman–Crippen MR) is 193 cm³/mol. The molecule has 4 aromatic rings. The van der Waals surface area contributed by atoms with Crippen LogP contribution < -0.4 is 9.64 Å². The van der Waals surface area contributed by atoms with Crippen molar-refractivity contribution in [3.8, 4) is 5.75 Å². The fraction of sp³-hybridized carbons (Fsp3) is 0.344. The highest BCUT2D eigenvalue weighted by Gasteiger charge is 2.35. The number of fused-ring (bicyclic) bond motifs is 6. The van der Waals surface area contributed by atoms with Gasteiger partial charge in [-0.1, -0.05) is 61.5 Å². The van der Waals surface area contributed by atoms with E-state index in [0.29, 0.717) is 46.0 Å². The summed E-state index contributed by atoms with van der Waals surface area (Å²) in [6.07, 6.45) is 5.82. The highest BCUT2D eigenvalue weighted by Crippen LogP contribution is 2.33. The van der Waals surface area contributed by atoms with Crippen LogP contribution >= 0.6 is 52.1 Å². The average molecular weight is 664 g/mol. The van der Waals surface area contributed by atoms with Crippen molar-refractivity contribution in [1.29, 1.82) is 0 Å². The number of piperazine rings is 1. The Bertz CT molecular complexity index is 1550. The third-order valence-electron chi connectivity index (χ3n) is 7.84. The molecule has 43 heavy (non-hydrogen) atoms. The molecule has 3 aromatic carbocycles. The molecule has 3 aliphatic heterocycles. The predicted octanol–water partition coefficient (Wildman–Crippen LogP) is 6.38. The van der Waals surface area contributed by atoms with Gasteiger partial charge in [-0.2, -0.15) is 40.5 Å². The van der Waals surface area contributed by atoms with Gasteiger partial charge in [-0.25, -0.2) is 4.79 Å². The molecule has 0 spiro atoms. The van der Waals surface area contributed by atoms with Crippen LogP contribution in [-0.4, -0.2) is 72.5 Å². The highest BCUT2D eigenvalue weighted by molar-refractivity contribution is 7.59. The van der Waals surface area contributed by atoms with Gasteiger partial charge in [0.15, 0.2) is 0 Å². The van der Waals surface area contributed by atoms with Gasteiger partial charge in [-0.3, -0.25) is 4.90 Å². The second kappa shape index (κ2) is 16.0. The van der Waals surface area contributed by atoms with Crippen LogP contribution in [0.1, 0.15) is 30.8 Å². The van der Waals surface area contributed by atoms with Gasteiger partial charge < -0.3 is 24.5 Å². The van der Waals surface area contributed by atoms with Gasteiger partial charge in [0.1, 0.15) is 24.2 Å². The van der Waals surface area contributed by atoms with Crippen molar-refractivity contribution in [3.63, 3.8) is 0 Å². The summed E-state index contributed by atoms with van der Waals surface area (Å²) in [4.78, 5) is 19.9. The number of rotatable bonds is 7. The monoisotopic (exact) mass is 663 g/mol. The Morgan fingerprint density at radius 1 is 1.00 bits per heavy atom. The molecule has 0 aliphatic carbocycles. The molecule has 1 aromatic heterocycles. The molecule has 0 unspecified atom stereocenters. The first-order valence-corrected chi connectivity index (χ1v) is 13.7. The van der Waals surface area contributed by atoms with Crippen LogP contribution in [0.2, 0.25) is 5.02 Å². The first kappa shape index (κ1) is 36.7. The summed E-state index contributed by atoms with van der Waals surface area (Å²) in [6.45, 7) is 2.45. The van der Waals surface area contributed by atoms with Gasteiger partial charge in [0.25, 0.3) is 0 Å². The second-order valence-electron chi connectivity index (χ2n) is 10.4. The Morgan fingerprint density at radius 2 is 1.72 bits per heavy atom. The lowest BCUT2D eigenvalue weighted by atomic mass is 9.96. The number of hydrogen-bond donors (Lipinski definition) is 2. The van der Waals surface area contributed by atoms with Gasteiger partial charge in [0.05, 0.1) is 17.6 Å². The molecular weight excluding hydrogens is 622 g/mol. The molecule has 1 fully saturated rings. The van der Waals surface area contributed by atoms with E-state index in [9.17, 15) is 9.90 Å². The lowest BCUT2D eigenvalue weighted by molar-refractivity contribution is 0.0409. The fourth-order valence-electron chi connectivity index (χ4n) is 5.85. The van der Waals surface area contributed by atoms with Crippen molar-refractivity contribution in [2.24, 2.45) is 0 Å². The van der Waals surface area contributed by atoms with Crippen molar-refractivity contribution < 1.29 is 19.4 Å². The molecule has 0 amide bonds. The minimum absolute atomic E-state index is 0. The van der Waals surface area contributed by atoms with Crippen LogP contribution in [0.4, 0.5) is 5.69 Å². The summed E-state index contributed by atoms with van der Waals surface area (Å²) in [6, 6.07) is 21.0. The van der Waals surface area contributed by atoms with E-state index in [1.165, 1.54) is 23.6 Å². The van der Waals surface area contributed by atoms with Gasteiger partial charge in [-0.15, -0.1) is 0 Å². The Morgan fingerprint density at radius 3 is 2.47 bits per heavy atom. The summed E-state index contributed by atoms with van der Waals surface area (Å²) in [5.41, 5.74) is 2.16. The molecule has 1 saturated heterocycles. The van der Waals surface area contributed by atoms with E-state index >= 15 is 0 Å². The molecule has 2 bridgehead atoms. The Kier molecular flexibility index (Phi) is 13.7. The van der Waals surface area contributed by atoms with Crippen LogP contribution in [-0.2, 0) is 4.74 Å². The average Bonchev–Trinajstić information content (AvgIpc) is 3.39. The number of ether oxygens (including phenoxy) is 2.